The lowest BCUT2D eigenvalue weighted by atomic mass is 10.2. The predicted molar refractivity (Wildman–Crippen MR) is 58.5 cm³/mol. The van der Waals surface area contributed by atoms with Gasteiger partial charge in [-0.15, -0.1) is 0 Å². The van der Waals surface area contributed by atoms with Crippen molar-refractivity contribution in [2.45, 2.75) is 6.42 Å². The van der Waals surface area contributed by atoms with E-state index in [1.54, 1.807) is 6.07 Å². The van der Waals surface area contributed by atoms with Crippen LogP contribution in [-0.2, 0) is 0 Å². The largest absolute Gasteiger partial charge is 0.497 e. The third kappa shape index (κ3) is 3.91. The van der Waals surface area contributed by atoms with E-state index >= 15 is 0 Å². The molecular weight excluding hydrogens is 209 g/mol. The number of halogens is 1. The SMILES string of the molecule is COc1cc(F)cc(C#CCCN=[N+]=[N-])c1. The van der Waals surface area contributed by atoms with E-state index in [4.69, 9.17) is 10.3 Å². The third-order valence-electron chi connectivity index (χ3n) is 1.74. The van der Waals surface area contributed by atoms with Crippen LogP contribution < -0.4 is 4.74 Å². The molecule has 0 radical (unpaired) electrons. The average molecular weight is 219 g/mol. The van der Waals surface area contributed by atoms with Crippen LogP contribution in [0.5, 0.6) is 5.75 Å². The van der Waals surface area contributed by atoms with E-state index in [2.05, 4.69) is 21.9 Å². The zero-order chi connectivity index (χ0) is 11.8. The van der Waals surface area contributed by atoms with Gasteiger partial charge in [-0.2, -0.15) is 0 Å². The van der Waals surface area contributed by atoms with E-state index in [9.17, 15) is 4.39 Å². The molecule has 0 aliphatic carbocycles. The number of rotatable bonds is 3. The van der Waals surface area contributed by atoms with Crippen LogP contribution in [0.4, 0.5) is 4.39 Å². The van der Waals surface area contributed by atoms with Gasteiger partial charge < -0.3 is 4.74 Å². The van der Waals surface area contributed by atoms with E-state index in [-0.39, 0.29) is 0 Å². The van der Waals surface area contributed by atoms with Crippen LogP contribution in [0.1, 0.15) is 12.0 Å². The highest BCUT2D eigenvalue weighted by molar-refractivity contribution is 5.40. The number of azide groups is 1. The number of benzene rings is 1. The van der Waals surface area contributed by atoms with Gasteiger partial charge >= 0.3 is 0 Å². The molecule has 0 fully saturated rings. The van der Waals surface area contributed by atoms with Crippen molar-refractivity contribution in [1.29, 1.82) is 0 Å². The number of methoxy groups -OCH3 is 1. The topological polar surface area (TPSA) is 58.0 Å². The van der Waals surface area contributed by atoms with Gasteiger partial charge in [0, 0.05) is 29.5 Å². The first-order valence-electron chi connectivity index (χ1n) is 4.60. The Bertz CT molecular complexity index is 470. The highest BCUT2D eigenvalue weighted by Crippen LogP contribution is 2.14. The van der Waals surface area contributed by atoms with Gasteiger partial charge in [0.15, 0.2) is 0 Å². The van der Waals surface area contributed by atoms with E-state index in [1.165, 1.54) is 19.2 Å². The summed E-state index contributed by atoms with van der Waals surface area (Å²) in [4.78, 5) is 2.60. The molecule has 82 valence electrons. The minimum absolute atomic E-state index is 0.315. The highest BCUT2D eigenvalue weighted by atomic mass is 19.1. The summed E-state index contributed by atoms with van der Waals surface area (Å²) in [6.45, 7) is 0.315. The third-order valence-corrected chi connectivity index (χ3v) is 1.74. The van der Waals surface area contributed by atoms with Gasteiger partial charge in [-0.05, 0) is 17.7 Å². The van der Waals surface area contributed by atoms with Crippen LogP contribution >= 0.6 is 0 Å². The van der Waals surface area contributed by atoms with Crippen molar-refractivity contribution in [3.05, 3.63) is 40.0 Å². The van der Waals surface area contributed by atoms with Gasteiger partial charge in [0.05, 0.1) is 7.11 Å². The predicted octanol–water partition coefficient (Wildman–Crippen LogP) is 2.89. The first-order valence-corrected chi connectivity index (χ1v) is 4.60. The maximum atomic E-state index is 13.0. The summed E-state index contributed by atoms with van der Waals surface area (Å²) < 4.78 is 17.9. The molecule has 16 heavy (non-hydrogen) atoms. The monoisotopic (exact) mass is 219 g/mol. The lowest BCUT2D eigenvalue weighted by molar-refractivity contribution is 0.411. The Balaban J connectivity index is 2.72. The fourth-order valence-corrected chi connectivity index (χ4v) is 1.07. The Kier molecular flexibility index (Phi) is 4.71. The lowest BCUT2D eigenvalue weighted by Crippen LogP contribution is -1.86. The Morgan fingerprint density at radius 2 is 2.31 bits per heavy atom. The second-order valence-corrected chi connectivity index (χ2v) is 2.89. The Labute approximate surface area is 92.7 Å². The van der Waals surface area contributed by atoms with E-state index in [0.717, 1.165) is 0 Å². The van der Waals surface area contributed by atoms with Crippen molar-refractivity contribution in [3.8, 4) is 17.6 Å². The molecule has 0 spiro atoms. The Hall–Kier alpha value is -2.18. The number of hydrogen-bond acceptors (Lipinski definition) is 2. The molecule has 0 amide bonds. The molecule has 5 heteroatoms. The van der Waals surface area contributed by atoms with Crippen LogP contribution in [0.25, 0.3) is 10.4 Å². The maximum Gasteiger partial charge on any atom is 0.128 e. The number of hydrogen-bond donors (Lipinski definition) is 0. The maximum absolute atomic E-state index is 13.0. The quantitative estimate of drug-likeness (QED) is 0.253. The molecule has 4 nitrogen and oxygen atoms in total. The second kappa shape index (κ2) is 6.33. The standard InChI is InChI=1S/C11H10FN3O/c1-16-11-7-9(6-10(12)8-11)4-2-3-5-14-15-13/h6-8H,3,5H2,1H3. The summed E-state index contributed by atoms with van der Waals surface area (Å²) >= 11 is 0. The Morgan fingerprint density at radius 1 is 1.50 bits per heavy atom. The van der Waals surface area contributed by atoms with E-state index < -0.39 is 5.82 Å². The molecule has 0 aliphatic heterocycles. The molecule has 1 rings (SSSR count). The molecule has 0 aromatic heterocycles. The molecular formula is C11H10FN3O. The molecule has 0 saturated heterocycles. The summed E-state index contributed by atoms with van der Waals surface area (Å²) in [5.41, 5.74) is 8.57. The molecule has 0 aliphatic rings. The molecule has 1 aromatic carbocycles. The van der Waals surface area contributed by atoms with Crippen molar-refractivity contribution >= 4 is 0 Å². The number of nitrogens with zero attached hydrogens (tertiary/aromatic N) is 3. The minimum Gasteiger partial charge on any atom is -0.497 e. The zero-order valence-electron chi connectivity index (χ0n) is 8.77. The summed E-state index contributed by atoms with van der Waals surface area (Å²) in [6.07, 6.45) is 0.447. The number of ether oxygens (including phenoxy) is 1. The van der Waals surface area contributed by atoms with Crippen molar-refractivity contribution in [1.82, 2.24) is 0 Å². The van der Waals surface area contributed by atoms with Gasteiger partial charge in [0.25, 0.3) is 0 Å². The van der Waals surface area contributed by atoms with Gasteiger partial charge in [-0.25, -0.2) is 4.39 Å². The van der Waals surface area contributed by atoms with Crippen LogP contribution in [0.2, 0.25) is 0 Å². The van der Waals surface area contributed by atoms with Gasteiger partial charge in [-0.3, -0.25) is 0 Å². The molecule has 0 saturated carbocycles. The molecule has 1 aromatic rings. The first-order chi connectivity index (χ1) is 7.76. The van der Waals surface area contributed by atoms with Crippen molar-refractivity contribution in [2.75, 3.05) is 13.7 Å². The first kappa shape index (κ1) is 11.9. The van der Waals surface area contributed by atoms with E-state index in [0.29, 0.717) is 24.3 Å². The van der Waals surface area contributed by atoms with Crippen molar-refractivity contribution in [3.63, 3.8) is 0 Å². The van der Waals surface area contributed by atoms with Crippen LogP contribution in [0.15, 0.2) is 23.3 Å². The zero-order valence-corrected chi connectivity index (χ0v) is 8.77. The summed E-state index contributed by atoms with van der Waals surface area (Å²) in [6, 6.07) is 4.25. The molecule has 0 N–H and O–H groups in total. The molecule has 0 unspecified atom stereocenters. The Morgan fingerprint density at radius 3 is 3.00 bits per heavy atom. The second-order valence-electron chi connectivity index (χ2n) is 2.89. The fourth-order valence-electron chi connectivity index (χ4n) is 1.07. The van der Waals surface area contributed by atoms with Crippen molar-refractivity contribution < 1.29 is 9.13 Å². The average Bonchev–Trinajstić information content (AvgIpc) is 2.28. The highest BCUT2D eigenvalue weighted by Gasteiger charge is 1.97. The molecule has 0 heterocycles. The van der Waals surface area contributed by atoms with Crippen molar-refractivity contribution in [2.24, 2.45) is 5.11 Å². The van der Waals surface area contributed by atoms with Crippen LogP contribution in [-0.4, -0.2) is 13.7 Å². The summed E-state index contributed by atoms with van der Waals surface area (Å²) in [5, 5.41) is 3.33. The van der Waals surface area contributed by atoms with Gasteiger partial charge in [0.2, 0.25) is 0 Å². The minimum atomic E-state index is -0.390. The molecule has 0 atom stereocenters. The van der Waals surface area contributed by atoms with Crippen LogP contribution in [0, 0.1) is 17.7 Å². The van der Waals surface area contributed by atoms with E-state index in [1.807, 2.05) is 0 Å². The molecule has 0 bridgehead atoms. The lowest BCUT2D eigenvalue weighted by Gasteiger charge is -1.99. The van der Waals surface area contributed by atoms with Gasteiger partial charge in [0.1, 0.15) is 11.6 Å². The fraction of sp³-hybridized carbons (Fsp3) is 0.273. The summed E-state index contributed by atoms with van der Waals surface area (Å²) in [7, 11) is 1.47. The smallest absolute Gasteiger partial charge is 0.128 e. The summed E-state index contributed by atoms with van der Waals surface area (Å²) in [5.74, 6) is 5.58. The van der Waals surface area contributed by atoms with Gasteiger partial charge in [-0.1, -0.05) is 17.0 Å². The van der Waals surface area contributed by atoms with Crippen LogP contribution in [0.3, 0.4) is 0 Å². The normalized spacial score (nSPS) is 8.62.